The highest BCUT2D eigenvalue weighted by Crippen LogP contribution is 2.22. The van der Waals surface area contributed by atoms with Crippen molar-refractivity contribution in [3.05, 3.63) is 70.3 Å². The number of nitrogens with zero attached hydrogens (tertiary/aromatic N) is 2. The number of nitriles is 1. The number of rotatable bonds is 1. The Morgan fingerprint density at radius 1 is 1.15 bits per heavy atom. The van der Waals surface area contributed by atoms with Crippen molar-refractivity contribution in [1.82, 2.24) is 4.57 Å². The van der Waals surface area contributed by atoms with Gasteiger partial charge in [0.2, 0.25) is 0 Å². The molecule has 3 rings (SSSR count). The zero-order chi connectivity index (χ0) is 14.1. The quantitative estimate of drug-likeness (QED) is 0.680. The van der Waals surface area contributed by atoms with Crippen molar-refractivity contribution < 1.29 is 4.79 Å². The van der Waals surface area contributed by atoms with Gasteiger partial charge in [0.25, 0.3) is 5.91 Å². The maximum absolute atomic E-state index is 12.6. The SMILES string of the molecule is N#Cc1cn(C(=O)c2cccc(Br)c2)c2ccccc12. The Morgan fingerprint density at radius 2 is 1.95 bits per heavy atom. The van der Waals surface area contributed by atoms with Crippen molar-refractivity contribution in [2.45, 2.75) is 0 Å². The van der Waals surface area contributed by atoms with Gasteiger partial charge in [-0.3, -0.25) is 9.36 Å². The summed E-state index contributed by atoms with van der Waals surface area (Å²) in [5.41, 5.74) is 1.82. The van der Waals surface area contributed by atoms with E-state index in [1.54, 1.807) is 18.3 Å². The van der Waals surface area contributed by atoms with Crippen molar-refractivity contribution in [3.63, 3.8) is 0 Å². The molecule has 0 saturated carbocycles. The van der Waals surface area contributed by atoms with Gasteiger partial charge in [-0.1, -0.05) is 40.2 Å². The molecule has 0 unspecified atom stereocenters. The summed E-state index contributed by atoms with van der Waals surface area (Å²) in [4.78, 5) is 12.6. The fraction of sp³-hybridized carbons (Fsp3) is 0. The van der Waals surface area contributed by atoms with Gasteiger partial charge in [0.15, 0.2) is 0 Å². The fourth-order valence-electron chi connectivity index (χ4n) is 2.20. The van der Waals surface area contributed by atoms with Crippen LogP contribution < -0.4 is 0 Å². The van der Waals surface area contributed by atoms with E-state index in [0.717, 1.165) is 15.4 Å². The molecule has 4 heteroatoms. The molecule has 0 aliphatic carbocycles. The first-order valence-electron chi connectivity index (χ1n) is 6.01. The summed E-state index contributed by atoms with van der Waals surface area (Å²) in [6, 6.07) is 16.7. The van der Waals surface area contributed by atoms with Gasteiger partial charge in [-0.2, -0.15) is 5.26 Å². The van der Waals surface area contributed by atoms with Crippen LogP contribution in [-0.4, -0.2) is 10.5 Å². The van der Waals surface area contributed by atoms with Crippen LogP contribution in [0.15, 0.2) is 59.2 Å². The third-order valence-electron chi connectivity index (χ3n) is 3.12. The van der Waals surface area contributed by atoms with Crippen LogP contribution >= 0.6 is 15.9 Å². The second-order valence-electron chi connectivity index (χ2n) is 4.36. The average Bonchev–Trinajstić information content (AvgIpc) is 2.85. The topological polar surface area (TPSA) is 45.8 Å². The molecule has 0 N–H and O–H groups in total. The van der Waals surface area contributed by atoms with Crippen LogP contribution in [0.4, 0.5) is 0 Å². The van der Waals surface area contributed by atoms with Crippen molar-refractivity contribution in [2.24, 2.45) is 0 Å². The summed E-state index contributed by atoms with van der Waals surface area (Å²) in [5.74, 6) is -0.149. The van der Waals surface area contributed by atoms with Crippen LogP contribution in [0, 0.1) is 11.3 Å². The maximum atomic E-state index is 12.6. The standard InChI is InChI=1S/C16H9BrN2O/c17-13-5-3-4-11(8-13)16(20)19-10-12(9-18)14-6-1-2-7-15(14)19/h1-8,10H. The minimum Gasteiger partial charge on any atom is -0.282 e. The molecule has 0 bridgehead atoms. The van der Waals surface area contributed by atoms with E-state index in [4.69, 9.17) is 5.26 Å². The first kappa shape index (κ1) is 12.6. The summed E-state index contributed by atoms with van der Waals surface area (Å²) in [6.07, 6.45) is 1.59. The van der Waals surface area contributed by atoms with Gasteiger partial charge in [-0.25, -0.2) is 0 Å². The summed E-state index contributed by atoms with van der Waals surface area (Å²) in [5, 5.41) is 9.95. The molecule has 3 nitrogen and oxygen atoms in total. The summed E-state index contributed by atoms with van der Waals surface area (Å²) >= 11 is 3.36. The van der Waals surface area contributed by atoms with E-state index in [2.05, 4.69) is 22.0 Å². The number of halogens is 1. The average molecular weight is 325 g/mol. The van der Waals surface area contributed by atoms with E-state index in [1.807, 2.05) is 36.4 Å². The van der Waals surface area contributed by atoms with Crippen molar-refractivity contribution in [3.8, 4) is 6.07 Å². The van der Waals surface area contributed by atoms with Gasteiger partial charge in [0.1, 0.15) is 6.07 Å². The van der Waals surface area contributed by atoms with Crippen molar-refractivity contribution in [1.29, 1.82) is 5.26 Å². The van der Waals surface area contributed by atoms with Crippen LogP contribution in [0.5, 0.6) is 0 Å². The largest absolute Gasteiger partial charge is 0.282 e. The lowest BCUT2D eigenvalue weighted by Crippen LogP contribution is -2.10. The zero-order valence-corrected chi connectivity index (χ0v) is 12.0. The molecule has 0 saturated heterocycles. The molecule has 1 aromatic heterocycles. The predicted octanol–water partition coefficient (Wildman–Crippen LogP) is 3.96. The number of hydrogen-bond acceptors (Lipinski definition) is 2. The van der Waals surface area contributed by atoms with E-state index in [-0.39, 0.29) is 5.91 Å². The van der Waals surface area contributed by atoms with E-state index < -0.39 is 0 Å². The van der Waals surface area contributed by atoms with E-state index in [9.17, 15) is 4.79 Å². The molecule has 96 valence electrons. The second kappa shape index (κ2) is 4.95. The molecule has 0 radical (unpaired) electrons. The summed E-state index contributed by atoms with van der Waals surface area (Å²) in [7, 11) is 0. The highest BCUT2D eigenvalue weighted by Gasteiger charge is 2.14. The van der Waals surface area contributed by atoms with E-state index in [1.165, 1.54) is 4.57 Å². The first-order chi connectivity index (χ1) is 9.70. The van der Waals surface area contributed by atoms with Gasteiger partial charge >= 0.3 is 0 Å². The Balaban J connectivity index is 2.20. The number of para-hydroxylation sites is 1. The molecule has 1 heterocycles. The fourth-order valence-corrected chi connectivity index (χ4v) is 2.60. The molecule has 20 heavy (non-hydrogen) atoms. The molecule has 0 aliphatic heterocycles. The molecule has 3 aromatic rings. The van der Waals surface area contributed by atoms with Crippen LogP contribution in [-0.2, 0) is 0 Å². The number of hydrogen-bond donors (Lipinski definition) is 0. The van der Waals surface area contributed by atoms with Crippen molar-refractivity contribution in [2.75, 3.05) is 0 Å². The van der Waals surface area contributed by atoms with Crippen LogP contribution in [0.1, 0.15) is 15.9 Å². The lowest BCUT2D eigenvalue weighted by molar-refractivity contribution is 0.0965. The number of benzene rings is 2. The zero-order valence-electron chi connectivity index (χ0n) is 10.4. The lowest BCUT2D eigenvalue weighted by Gasteiger charge is -2.04. The van der Waals surface area contributed by atoms with Crippen molar-refractivity contribution >= 4 is 32.7 Å². The number of carbonyl (C=O) groups is 1. The minimum atomic E-state index is -0.149. The van der Waals surface area contributed by atoms with Crippen LogP contribution in [0.2, 0.25) is 0 Å². The molecule has 0 spiro atoms. The molecule has 2 aromatic carbocycles. The second-order valence-corrected chi connectivity index (χ2v) is 5.27. The monoisotopic (exact) mass is 324 g/mol. The van der Waals surface area contributed by atoms with E-state index >= 15 is 0 Å². The molecular weight excluding hydrogens is 316 g/mol. The third kappa shape index (κ3) is 2.02. The highest BCUT2D eigenvalue weighted by atomic mass is 79.9. The number of carbonyl (C=O) groups excluding carboxylic acids is 1. The third-order valence-corrected chi connectivity index (χ3v) is 3.62. The minimum absolute atomic E-state index is 0.149. The smallest absolute Gasteiger partial charge is 0.262 e. The predicted molar refractivity (Wildman–Crippen MR) is 80.5 cm³/mol. The Morgan fingerprint density at radius 3 is 2.70 bits per heavy atom. The normalized spacial score (nSPS) is 10.4. The Bertz CT molecular complexity index is 858. The Kier molecular flexibility index (Phi) is 3.13. The molecule has 0 amide bonds. The first-order valence-corrected chi connectivity index (χ1v) is 6.80. The summed E-state index contributed by atoms with van der Waals surface area (Å²) in [6.45, 7) is 0. The van der Waals surface area contributed by atoms with Gasteiger partial charge in [0, 0.05) is 21.6 Å². The maximum Gasteiger partial charge on any atom is 0.262 e. The number of aromatic nitrogens is 1. The van der Waals surface area contributed by atoms with E-state index in [0.29, 0.717) is 11.1 Å². The number of fused-ring (bicyclic) bond motifs is 1. The molecule has 0 atom stereocenters. The molecule has 0 fully saturated rings. The Hall–Kier alpha value is -2.38. The van der Waals surface area contributed by atoms with Gasteiger partial charge < -0.3 is 0 Å². The van der Waals surface area contributed by atoms with Gasteiger partial charge in [0.05, 0.1) is 11.1 Å². The van der Waals surface area contributed by atoms with Crippen LogP contribution in [0.3, 0.4) is 0 Å². The highest BCUT2D eigenvalue weighted by molar-refractivity contribution is 9.10. The summed E-state index contributed by atoms with van der Waals surface area (Å²) < 4.78 is 2.37. The van der Waals surface area contributed by atoms with Gasteiger partial charge in [-0.05, 0) is 24.3 Å². The lowest BCUT2D eigenvalue weighted by atomic mass is 10.2. The Labute approximate surface area is 124 Å². The molecule has 0 aliphatic rings. The molecular formula is C16H9BrN2O. The van der Waals surface area contributed by atoms with Gasteiger partial charge in [-0.15, -0.1) is 0 Å². The van der Waals surface area contributed by atoms with Crippen LogP contribution in [0.25, 0.3) is 10.9 Å².